The Labute approximate surface area is 85.2 Å². The van der Waals surface area contributed by atoms with Crippen molar-refractivity contribution in [2.75, 3.05) is 0 Å². The summed E-state index contributed by atoms with van der Waals surface area (Å²) >= 11 is 16.8. The van der Waals surface area contributed by atoms with Crippen molar-refractivity contribution in [3.05, 3.63) is 33.3 Å². The Morgan fingerprint density at radius 3 is 2.33 bits per heavy atom. The molecular formula is C8H5Cl3O. The van der Waals surface area contributed by atoms with E-state index < -0.39 is 5.24 Å². The van der Waals surface area contributed by atoms with Gasteiger partial charge in [-0.2, -0.15) is 0 Å². The van der Waals surface area contributed by atoms with E-state index in [4.69, 9.17) is 34.8 Å². The Morgan fingerprint density at radius 2 is 1.92 bits per heavy atom. The molecule has 4 heteroatoms. The number of carbonyl (C=O) groups excluding carboxylic acids is 1. The number of benzene rings is 1. The molecule has 0 bridgehead atoms. The van der Waals surface area contributed by atoms with Gasteiger partial charge in [0.05, 0.1) is 15.6 Å². The minimum absolute atomic E-state index is 0.181. The van der Waals surface area contributed by atoms with Gasteiger partial charge in [-0.25, -0.2) is 0 Å². The van der Waals surface area contributed by atoms with Crippen LogP contribution in [0.2, 0.25) is 10.0 Å². The van der Waals surface area contributed by atoms with Crippen molar-refractivity contribution in [1.82, 2.24) is 0 Å². The lowest BCUT2D eigenvalue weighted by Crippen LogP contribution is -1.93. The lowest BCUT2D eigenvalue weighted by Gasteiger charge is -2.03. The Morgan fingerprint density at radius 1 is 1.33 bits per heavy atom. The van der Waals surface area contributed by atoms with Crippen LogP contribution >= 0.6 is 34.8 Å². The summed E-state index contributed by atoms with van der Waals surface area (Å²) in [6.45, 7) is 1.78. The van der Waals surface area contributed by atoms with E-state index in [-0.39, 0.29) is 10.6 Å². The highest BCUT2D eigenvalue weighted by atomic mass is 35.5. The highest BCUT2D eigenvalue weighted by molar-refractivity contribution is 6.70. The van der Waals surface area contributed by atoms with E-state index in [9.17, 15) is 4.79 Å². The summed E-state index contributed by atoms with van der Waals surface area (Å²) in [5.74, 6) is 0. The van der Waals surface area contributed by atoms with Crippen molar-refractivity contribution in [2.45, 2.75) is 6.92 Å². The van der Waals surface area contributed by atoms with Crippen molar-refractivity contribution in [3.8, 4) is 0 Å². The van der Waals surface area contributed by atoms with E-state index in [1.807, 2.05) is 0 Å². The first-order valence-electron chi connectivity index (χ1n) is 3.18. The molecular weight excluding hydrogens is 218 g/mol. The third-order valence-corrected chi connectivity index (χ3v) is 2.47. The van der Waals surface area contributed by atoms with Crippen LogP contribution in [0.5, 0.6) is 0 Å². The van der Waals surface area contributed by atoms with Crippen LogP contribution < -0.4 is 0 Å². The molecule has 0 radical (unpaired) electrons. The van der Waals surface area contributed by atoms with Crippen LogP contribution in [0.25, 0.3) is 0 Å². The Kier molecular flexibility index (Phi) is 2.99. The predicted molar refractivity (Wildman–Crippen MR) is 51.4 cm³/mol. The average Bonchev–Trinajstić information content (AvgIpc) is 1.97. The normalized spacial score (nSPS) is 10.0. The fourth-order valence-electron chi connectivity index (χ4n) is 0.837. The molecule has 0 aromatic heterocycles. The number of rotatable bonds is 1. The van der Waals surface area contributed by atoms with E-state index in [0.717, 1.165) is 5.56 Å². The third kappa shape index (κ3) is 1.74. The molecule has 0 saturated carbocycles. The fraction of sp³-hybridized carbons (Fsp3) is 0.125. The summed E-state index contributed by atoms with van der Waals surface area (Å²) in [6.07, 6.45) is 0. The van der Waals surface area contributed by atoms with Gasteiger partial charge in [0.15, 0.2) is 0 Å². The van der Waals surface area contributed by atoms with Crippen LogP contribution in [-0.4, -0.2) is 5.24 Å². The molecule has 0 spiro atoms. The molecule has 0 atom stereocenters. The number of halogens is 3. The monoisotopic (exact) mass is 222 g/mol. The second-order valence-electron chi connectivity index (χ2n) is 2.33. The van der Waals surface area contributed by atoms with Crippen molar-refractivity contribution >= 4 is 40.0 Å². The van der Waals surface area contributed by atoms with Crippen molar-refractivity contribution in [2.24, 2.45) is 0 Å². The number of aryl methyl sites for hydroxylation is 1. The van der Waals surface area contributed by atoms with Gasteiger partial charge in [0.2, 0.25) is 0 Å². The lowest BCUT2D eigenvalue weighted by molar-refractivity contribution is 0.108. The summed E-state index contributed by atoms with van der Waals surface area (Å²) in [4.78, 5) is 10.8. The molecule has 0 aliphatic heterocycles. The highest BCUT2D eigenvalue weighted by Gasteiger charge is 2.13. The smallest absolute Gasteiger partial charge is 0.255 e. The number of carbonyl (C=O) groups is 1. The molecule has 0 saturated heterocycles. The minimum Gasteiger partial charge on any atom is -0.275 e. The zero-order chi connectivity index (χ0) is 9.30. The Balaban J connectivity index is 3.43. The van der Waals surface area contributed by atoms with Gasteiger partial charge in [0.1, 0.15) is 0 Å². The first-order chi connectivity index (χ1) is 5.54. The second kappa shape index (κ2) is 3.65. The summed E-state index contributed by atoms with van der Waals surface area (Å²) in [6, 6.07) is 3.33. The van der Waals surface area contributed by atoms with Crippen LogP contribution in [0.4, 0.5) is 0 Å². The van der Waals surface area contributed by atoms with Crippen LogP contribution in [0.15, 0.2) is 12.1 Å². The van der Waals surface area contributed by atoms with E-state index in [0.29, 0.717) is 5.02 Å². The second-order valence-corrected chi connectivity index (χ2v) is 3.46. The maximum absolute atomic E-state index is 10.8. The summed E-state index contributed by atoms with van der Waals surface area (Å²) in [5.41, 5.74) is 0.963. The zero-order valence-corrected chi connectivity index (χ0v) is 8.46. The molecule has 0 N–H and O–H groups in total. The molecule has 0 amide bonds. The summed E-state index contributed by atoms with van der Waals surface area (Å²) in [5, 5.41) is -0.0261. The molecule has 1 aromatic rings. The van der Waals surface area contributed by atoms with Gasteiger partial charge in [-0.1, -0.05) is 29.3 Å². The SMILES string of the molecule is Cc1ccc(Cl)c(C(=O)Cl)c1Cl. The molecule has 1 rings (SSSR count). The molecule has 64 valence electrons. The Hall–Kier alpha value is -0.240. The van der Waals surface area contributed by atoms with Gasteiger partial charge in [0.25, 0.3) is 5.24 Å². The molecule has 12 heavy (non-hydrogen) atoms. The maximum atomic E-state index is 10.8. The molecule has 1 aromatic carbocycles. The van der Waals surface area contributed by atoms with E-state index >= 15 is 0 Å². The van der Waals surface area contributed by atoms with Gasteiger partial charge >= 0.3 is 0 Å². The number of hydrogen-bond acceptors (Lipinski definition) is 1. The quantitative estimate of drug-likeness (QED) is 0.664. The fourth-order valence-corrected chi connectivity index (χ4v) is 1.67. The third-order valence-electron chi connectivity index (χ3n) is 1.48. The van der Waals surface area contributed by atoms with Crippen LogP contribution in [0, 0.1) is 6.92 Å². The van der Waals surface area contributed by atoms with Crippen LogP contribution in [-0.2, 0) is 0 Å². The van der Waals surface area contributed by atoms with Gasteiger partial charge in [-0.15, -0.1) is 0 Å². The van der Waals surface area contributed by atoms with Crippen molar-refractivity contribution < 1.29 is 4.79 Å². The molecule has 1 nitrogen and oxygen atoms in total. The topological polar surface area (TPSA) is 17.1 Å². The van der Waals surface area contributed by atoms with Gasteiger partial charge in [-0.3, -0.25) is 4.79 Å². The standard InChI is InChI=1S/C8H5Cl3O/c1-4-2-3-5(9)6(7(4)10)8(11)12/h2-3H,1H3. The maximum Gasteiger partial charge on any atom is 0.255 e. The molecule has 0 heterocycles. The first-order valence-corrected chi connectivity index (χ1v) is 4.32. The zero-order valence-electron chi connectivity index (χ0n) is 6.20. The summed E-state index contributed by atoms with van der Waals surface area (Å²) in [7, 11) is 0. The predicted octanol–water partition coefficient (Wildman–Crippen LogP) is 3.68. The number of hydrogen-bond donors (Lipinski definition) is 0. The average molecular weight is 223 g/mol. The first kappa shape index (κ1) is 9.85. The van der Waals surface area contributed by atoms with Crippen LogP contribution in [0.3, 0.4) is 0 Å². The van der Waals surface area contributed by atoms with E-state index in [1.165, 1.54) is 0 Å². The largest absolute Gasteiger partial charge is 0.275 e. The van der Waals surface area contributed by atoms with Crippen molar-refractivity contribution in [1.29, 1.82) is 0 Å². The summed E-state index contributed by atoms with van der Waals surface area (Å²) < 4.78 is 0. The van der Waals surface area contributed by atoms with Crippen LogP contribution in [0.1, 0.15) is 15.9 Å². The van der Waals surface area contributed by atoms with Crippen molar-refractivity contribution in [3.63, 3.8) is 0 Å². The minimum atomic E-state index is -0.631. The molecule has 0 unspecified atom stereocenters. The van der Waals surface area contributed by atoms with Gasteiger partial charge < -0.3 is 0 Å². The molecule has 0 fully saturated rings. The Bertz CT molecular complexity index is 333. The van der Waals surface area contributed by atoms with Gasteiger partial charge in [0, 0.05) is 0 Å². The van der Waals surface area contributed by atoms with Gasteiger partial charge in [-0.05, 0) is 30.2 Å². The van der Waals surface area contributed by atoms with E-state index in [2.05, 4.69) is 0 Å². The molecule has 0 aliphatic rings. The van der Waals surface area contributed by atoms with E-state index in [1.54, 1.807) is 19.1 Å². The molecule has 0 aliphatic carbocycles. The highest BCUT2D eigenvalue weighted by Crippen LogP contribution is 2.28. The lowest BCUT2D eigenvalue weighted by atomic mass is 10.1.